The first kappa shape index (κ1) is 15.9. The summed E-state index contributed by atoms with van der Waals surface area (Å²) in [6, 6.07) is 0. The molecule has 0 unspecified atom stereocenters. The fourth-order valence-corrected chi connectivity index (χ4v) is 3.53. The highest BCUT2D eigenvalue weighted by Crippen LogP contribution is 2.25. The first-order chi connectivity index (χ1) is 9.95. The van der Waals surface area contributed by atoms with Gasteiger partial charge in [-0.2, -0.15) is 0 Å². The smallest absolute Gasteiger partial charge is 0.263 e. The van der Waals surface area contributed by atoms with Crippen LogP contribution in [-0.2, 0) is 11.3 Å². The molecule has 21 heavy (non-hydrogen) atoms. The first-order valence-electron chi connectivity index (χ1n) is 6.95. The second-order valence-corrected chi connectivity index (χ2v) is 6.59. The molecule has 2 aromatic heterocycles. The topological polar surface area (TPSA) is 66.9 Å². The van der Waals surface area contributed by atoms with E-state index in [0.29, 0.717) is 23.2 Å². The molecule has 0 aliphatic rings. The number of carbonyl (C=O) groups is 1. The Morgan fingerprint density at radius 3 is 2.81 bits per heavy atom. The van der Waals surface area contributed by atoms with E-state index in [0.717, 1.165) is 21.7 Å². The van der Waals surface area contributed by atoms with Gasteiger partial charge >= 0.3 is 0 Å². The predicted octanol–water partition coefficient (Wildman–Crippen LogP) is 2.65. The molecule has 0 bridgehead atoms. The predicted molar refractivity (Wildman–Crippen MR) is 88.7 cm³/mol. The van der Waals surface area contributed by atoms with Crippen LogP contribution in [0.1, 0.15) is 30.2 Å². The normalized spacial score (nSPS) is 11.0. The van der Waals surface area contributed by atoms with Gasteiger partial charge in [-0.3, -0.25) is 14.2 Å². The lowest BCUT2D eigenvalue weighted by atomic mass is 10.2. The highest BCUT2D eigenvalue weighted by molar-refractivity contribution is 7.71. The molecule has 2 rings (SSSR count). The van der Waals surface area contributed by atoms with E-state index in [1.165, 1.54) is 15.9 Å². The van der Waals surface area contributed by atoms with Crippen molar-refractivity contribution in [1.29, 1.82) is 0 Å². The number of H-pyrrole nitrogens is 1. The Labute approximate surface area is 132 Å². The Morgan fingerprint density at radius 1 is 1.43 bits per heavy atom. The van der Waals surface area contributed by atoms with Gasteiger partial charge in [0.25, 0.3) is 5.56 Å². The third-order valence-electron chi connectivity index (χ3n) is 3.44. The summed E-state index contributed by atoms with van der Waals surface area (Å²) in [6.07, 6.45) is 1.15. The lowest BCUT2D eigenvalue weighted by Crippen LogP contribution is -2.28. The molecule has 0 aliphatic carbocycles. The number of hydrogen-bond donors (Lipinski definition) is 2. The van der Waals surface area contributed by atoms with E-state index in [1.807, 2.05) is 20.8 Å². The molecular formula is C14H19N3O2S2. The number of fused-ring (bicyclic) bond motifs is 1. The SMILES string of the molecule is CCCNC(=O)CCn1c(=S)[nH]c2sc(C)c(C)c2c1=O. The van der Waals surface area contributed by atoms with Gasteiger partial charge in [0.05, 0.1) is 5.39 Å². The monoisotopic (exact) mass is 325 g/mol. The van der Waals surface area contributed by atoms with Crippen LogP contribution < -0.4 is 10.9 Å². The molecule has 7 heteroatoms. The second-order valence-electron chi connectivity index (χ2n) is 4.97. The van der Waals surface area contributed by atoms with Crippen LogP contribution in [0.2, 0.25) is 0 Å². The Balaban J connectivity index is 2.32. The number of thiophene rings is 1. The number of carbonyl (C=O) groups excluding carboxylic acids is 1. The zero-order valence-electron chi connectivity index (χ0n) is 12.4. The molecule has 0 spiro atoms. The van der Waals surface area contributed by atoms with Gasteiger partial charge in [0.1, 0.15) is 4.83 Å². The minimum atomic E-state index is -0.112. The summed E-state index contributed by atoms with van der Waals surface area (Å²) in [4.78, 5) is 29.2. The quantitative estimate of drug-likeness (QED) is 0.831. The van der Waals surface area contributed by atoms with E-state index in [2.05, 4.69) is 10.3 Å². The molecule has 2 heterocycles. The molecule has 1 amide bonds. The fraction of sp³-hybridized carbons (Fsp3) is 0.500. The van der Waals surface area contributed by atoms with Gasteiger partial charge in [0.2, 0.25) is 5.91 Å². The fourth-order valence-electron chi connectivity index (χ4n) is 2.13. The molecule has 0 fully saturated rings. The lowest BCUT2D eigenvalue weighted by Gasteiger charge is -2.07. The molecule has 2 N–H and O–H groups in total. The molecule has 2 aromatic rings. The lowest BCUT2D eigenvalue weighted by molar-refractivity contribution is -0.121. The zero-order valence-corrected chi connectivity index (χ0v) is 14.0. The molecule has 0 aliphatic heterocycles. The number of aromatic nitrogens is 2. The number of rotatable bonds is 5. The summed E-state index contributed by atoms with van der Waals surface area (Å²) in [5, 5.41) is 3.48. The summed E-state index contributed by atoms with van der Waals surface area (Å²) >= 11 is 6.78. The highest BCUT2D eigenvalue weighted by Gasteiger charge is 2.13. The van der Waals surface area contributed by atoms with E-state index >= 15 is 0 Å². The number of aryl methyl sites for hydroxylation is 2. The zero-order chi connectivity index (χ0) is 15.6. The van der Waals surface area contributed by atoms with Gasteiger partial charge in [0.15, 0.2) is 4.77 Å². The molecule has 0 atom stereocenters. The van der Waals surface area contributed by atoms with Crippen LogP contribution in [-0.4, -0.2) is 22.0 Å². The van der Waals surface area contributed by atoms with Crippen LogP contribution in [0.5, 0.6) is 0 Å². The van der Waals surface area contributed by atoms with Crippen molar-refractivity contribution in [2.45, 2.75) is 40.2 Å². The molecule has 5 nitrogen and oxygen atoms in total. The van der Waals surface area contributed by atoms with Gasteiger partial charge in [-0.25, -0.2) is 0 Å². The summed E-state index contributed by atoms with van der Waals surface area (Å²) in [6.45, 7) is 6.87. The van der Waals surface area contributed by atoms with Gasteiger partial charge in [0, 0.05) is 24.4 Å². The van der Waals surface area contributed by atoms with E-state index in [4.69, 9.17) is 12.2 Å². The van der Waals surface area contributed by atoms with Crippen molar-refractivity contribution in [1.82, 2.24) is 14.9 Å². The van der Waals surface area contributed by atoms with Crippen molar-refractivity contribution in [2.75, 3.05) is 6.54 Å². The Bertz CT molecular complexity index is 786. The molecular weight excluding hydrogens is 306 g/mol. The second kappa shape index (κ2) is 6.53. The minimum absolute atomic E-state index is 0.0588. The van der Waals surface area contributed by atoms with Crippen molar-refractivity contribution in [3.63, 3.8) is 0 Å². The highest BCUT2D eigenvalue weighted by atomic mass is 32.1. The van der Waals surface area contributed by atoms with Crippen LogP contribution in [0, 0.1) is 18.6 Å². The van der Waals surface area contributed by atoms with Crippen molar-refractivity contribution in [3.05, 3.63) is 25.6 Å². The van der Waals surface area contributed by atoms with Crippen LogP contribution in [0.15, 0.2) is 4.79 Å². The molecule has 0 aromatic carbocycles. The van der Waals surface area contributed by atoms with Crippen molar-refractivity contribution >= 4 is 39.7 Å². The number of nitrogens with one attached hydrogen (secondary N) is 2. The van der Waals surface area contributed by atoms with E-state index in [1.54, 1.807) is 0 Å². The Hall–Kier alpha value is -1.47. The van der Waals surface area contributed by atoms with E-state index < -0.39 is 0 Å². The summed E-state index contributed by atoms with van der Waals surface area (Å²) in [5.74, 6) is -0.0588. The van der Waals surface area contributed by atoms with Gasteiger partial charge in [-0.1, -0.05) is 6.92 Å². The summed E-state index contributed by atoms with van der Waals surface area (Å²) < 4.78 is 1.85. The minimum Gasteiger partial charge on any atom is -0.356 e. The Morgan fingerprint density at radius 2 is 2.14 bits per heavy atom. The van der Waals surface area contributed by atoms with Crippen molar-refractivity contribution < 1.29 is 4.79 Å². The third kappa shape index (κ3) is 3.24. The standard InChI is InChI=1S/C14H19N3O2S2/c1-4-6-15-10(18)5-7-17-13(19)11-8(2)9(3)21-12(11)16-14(17)20/h4-7H2,1-3H3,(H,15,18)(H,16,20). The summed E-state index contributed by atoms with van der Waals surface area (Å²) in [5.41, 5.74) is 0.870. The largest absolute Gasteiger partial charge is 0.356 e. The average Bonchev–Trinajstić information content (AvgIpc) is 2.71. The number of nitrogens with zero attached hydrogens (tertiary/aromatic N) is 1. The van der Waals surface area contributed by atoms with E-state index in [-0.39, 0.29) is 17.9 Å². The van der Waals surface area contributed by atoms with Crippen LogP contribution in [0.25, 0.3) is 10.2 Å². The molecule has 0 saturated carbocycles. The maximum Gasteiger partial charge on any atom is 0.263 e. The first-order valence-corrected chi connectivity index (χ1v) is 8.17. The molecule has 114 valence electrons. The number of aromatic amines is 1. The van der Waals surface area contributed by atoms with Crippen LogP contribution >= 0.6 is 23.6 Å². The van der Waals surface area contributed by atoms with Gasteiger partial charge in [-0.15, -0.1) is 11.3 Å². The third-order valence-corrected chi connectivity index (χ3v) is 4.89. The maximum atomic E-state index is 12.6. The van der Waals surface area contributed by atoms with E-state index in [9.17, 15) is 9.59 Å². The van der Waals surface area contributed by atoms with Crippen LogP contribution in [0.3, 0.4) is 0 Å². The average molecular weight is 325 g/mol. The van der Waals surface area contributed by atoms with Gasteiger partial charge in [-0.05, 0) is 38.0 Å². The van der Waals surface area contributed by atoms with Gasteiger partial charge < -0.3 is 10.3 Å². The Kier molecular flexibility index (Phi) is 4.95. The maximum absolute atomic E-state index is 12.6. The molecule has 0 radical (unpaired) electrons. The summed E-state index contributed by atoms with van der Waals surface area (Å²) in [7, 11) is 0. The number of amides is 1. The van der Waals surface area contributed by atoms with Crippen molar-refractivity contribution in [3.8, 4) is 0 Å². The molecule has 0 saturated heterocycles. The van der Waals surface area contributed by atoms with Crippen LogP contribution in [0.4, 0.5) is 0 Å². The van der Waals surface area contributed by atoms with Crippen molar-refractivity contribution in [2.24, 2.45) is 0 Å². The number of hydrogen-bond acceptors (Lipinski definition) is 4.